The third-order valence-corrected chi connectivity index (χ3v) is 3.08. The lowest BCUT2D eigenvalue weighted by Crippen LogP contribution is -2.27. The van der Waals surface area contributed by atoms with Crippen LogP contribution in [0.4, 0.5) is 5.69 Å². The zero-order valence-electron chi connectivity index (χ0n) is 11.9. The van der Waals surface area contributed by atoms with Crippen LogP contribution in [0, 0.1) is 5.41 Å². The topological polar surface area (TPSA) is 3.24 Å². The van der Waals surface area contributed by atoms with Crippen LogP contribution in [0.5, 0.6) is 0 Å². The van der Waals surface area contributed by atoms with Crippen molar-refractivity contribution in [3.8, 4) is 0 Å². The average molecular weight is 231 g/mol. The molecular formula is C16H25N. The Bertz CT molecular complexity index is 385. The standard InChI is InChI=1S/C14H19N.C2H6/c1-11(14(2,3)4)15-10-9-12-7-5-6-8-13(12)15;1-2/h5-8H,1,9-10H2,2-4H3;1-2H3. The van der Waals surface area contributed by atoms with E-state index in [4.69, 9.17) is 0 Å². The summed E-state index contributed by atoms with van der Waals surface area (Å²) in [5.74, 6) is 0. The van der Waals surface area contributed by atoms with Gasteiger partial charge in [-0.15, -0.1) is 0 Å². The molecule has 17 heavy (non-hydrogen) atoms. The first kappa shape index (κ1) is 13.8. The number of fused-ring (bicyclic) bond motifs is 1. The van der Waals surface area contributed by atoms with Gasteiger partial charge in [-0.1, -0.05) is 59.4 Å². The maximum Gasteiger partial charge on any atom is 0.0441 e. The lowest BCUT2D eigenvalue weighted by Gasteiger charge is -2.31. The number of rotatable bonds is 1. The van der Waals surface area contributed by atoms with Crippen LogP contribution < -0.4 is 4.90 Å². The van der Waals surface area contributed by atoms with Crippen LogP contribution in [-0.4, -0.2) is 6.54 Å². The van der Waals surface area contributed by atoms with Crippen molar-refractivity contribution < 1.29 is 0 Å². The molecule has 1 aromatic carbocycles. The Balaban J connectivity index is 0.000000686. The van der Waals surface area contributed by atoms with Crippen LogP contribution in [0.1, 0.15) is 40.2 Å². The van der Waals surface area contributed by atoms with Gasteiger partial charge in [-0.05, 0) is 18.1 Å². The van der Waals surface area contributed by atoms with Crippen molar-refractivity contribution in [3.05, 3.63) is 42.1 Å². The summed E-state index contributed by atoms with van der Waals surface area (Å²) in [4.78, 5) is 2.36. The van der Waals surface area contributed by atoms with E-state index in [1.165, 1.54) is 16.9 Å². The molecule has 0 spiro atoms. The third kappa shape index (κ3) is 2.91. The minimum absolute atomic E-state index is 0.150. The van der Waals surface area contributed by atoms with E-state index in [0.29, 0.717) is 0 Å². The predicted octanol–water partition coefficient (Wildman–Crippen LogP) is 4.64. The van der Waals surface area contributed by atoms with E-state index in [-0.39, 0.29) is 5.41 Å². The zero-order chi connectivity index (χ0) is 13.1. The Labute approximate surface area is 106 Å². The van der Waals surface area contributed by atoms with Gasteiger partial charge in [0.1, 0.15) is 0 Å². The number of hydrogen-bond acceptors (Lipinski definition) is 1. The summed E-state index contributed by atoms with van der Waals surface area (Å²) in [6.45, 7) is 16.0. The second-order valence-electron chi connectivity index (χ2n) is 5.23. The first-order valence-electron chi connectivity index (χ1n) is 6.55. The zero-order valence-corrected chi connectivity index (χ0v) is 11.9. The van der Waals surface area contributed by atoms with Crippen LogP contribution in [0.25, 0.3) is 0 Å². The number of para-hydroxylation sites is 1. The summed E-state index contributed by atoms with van der Waals surface area (Å²) in [7, 11) is 0. The molecule has 2 rings (SSSR count). The molecule has 1 nitrogen and oxygen atoms in total. The molecule has 0 amide bonds. The molecule has 1 aromatic rings. The van der Waals surface area contributed by atoms with Crippen LogP contribution >= 0.6 is 0 Å². The Morgan fingerprint density at radius 2 is 1.76 bits per heavy atom. The Morgan fingerprint density at radius 3 is 2.35 bits per heavy atom. The minimum Gasteiger partial charge on any atom is -0.345 e. The van der Waals surface area contributed by atoms with Gasteiger partial charge in [-0.2, -0.15) is 0 Å². The van der Waals surface area contributed by atoms with E-state index in [0.717, 1.165) is 13.0 Å². The van der Waals surface area contributed by atoms with Crippen molar-refractivity contribution in [2.24, 2.45) is 5.41 Å². The summed E-state index contributed by atoms with van der Waals surface area (Å²) in [5, 5.41) is 0. The maximum absolute atomic E-state index is 4.23. The van der Waals surface area contributed by atoms with Crippen LogP contribution in [-0.2, 0) is 6.42 Å². The highest BCUT2D eigenvalue weighted by molar-refractivity contribution is 5.62. The highest BCUT2D eigenvalue weighted by Crippen LogP contribution is 2.36. The highest BCUT2D eigenvalue weighted by atomic mass is 15.2. The van der Waals surface area contributed by atoms with Crippen molar-refractivity contribution >= 4 is 5.69 Å². The van der Waals surface area contributed by atoms with Gasteiger partial charge in [-0.25, -0.2) is 0 Å². The molecule has 0 aliphatic carbocycles. The average Bonchev–Trinajstić information content (AvgIpc) is 2.73. The van der Waals surface area contributed by atoms with Gasteiger partial charge in [-0.3, -0.25) is 0 Å². The lowest BCUT2D eigenvalue weighted by molar-refractivity contribution is 0.488. The smallest absolute Gasteiger partial charge is 0.0441 e. The SMILES string of the molecule is C=C(N1CCc2ccccc21)C(C)(C)C.CC. The predicted molar refractivity (Wildman–Crippen MR) is 77.4 cm³/mol. The molecule has 1 aliphatic heterocycles. The summed E-state index contributed by atoms with van der Waals surface area (Å²) in [6, 6.07) is 8.62. The van der Waals surface area contributed by atoms with E-state index in [9.17, 15) is 0 Å². The van der Waals surface area contributed by atoms with Gasteiger partial charge in [0.2, 0.25) is 0 Å². The van der Waals surface area contributed by atoms with E-state index in [1.54, 1.807) is 0 Å². The van der Waals surface area contributed by atoms with Crippen molar-refractivity contribution in [1.82, 2.24) is 0 Å². The largest absolute Gasteiger partial charge is 0.345 e. The normalized spacial score (nSPS) is 13.8. The Hall–Kier alpha value is -1.24. The summed E-state index contributed by atoms with van der Waals surface area (Å²) in [5.41, 5.74) is 4.16. The van der Waals surface area contributed by atoms with E-state index >= 15 is 0 Å². The minimum atomic E-state index is 0.150. The Kier molecular flexibility index (Phi) is 4.39. The van der Waals surface area contributed by atoms with Gasteiger partial charge in [0, 0.05) is 23.3 Å². The molecule has 0 saturated carbocycles. The first-order valence-corrected chi connectivity index (χ1v) is 6.55. The molecule has 1 heterocycles. The number of anilines is 1. The van der Waals surface area contributed by atoms with Gasteiger partial charge in [0.05, 0.1) is 0 Å². The van der Waals surface area contributed by atoms with Crippen LogP contribution in [0.3, 0.4) is 0 Å². The van der Waals surface area contributed by atoms with Crippen molar-refractivity contribution in [2.45, 2.75) is 41.0 Å². The van der Waals surface area contributed by atoms with Crippen molar-refractivity contribution in [2.75, 3.05) is 11.4 Å². The Morgan fingerprint density at radius 1 is 1.18 bits per heavy atom. The number of hydrogen-bond donors (Lipinski definition) is 0. The first-order chi connectivity index (χ1) is 8.00. The lowest BCUT2D eigenvalue weighted by atomic mass is 9.92. The molecule has 1 aliphatic rings. The molecule has 0 atom stereocenters. The van der Waals surface area contributed by atoms with Crippen molar-refractivity contribution in [3.63, 3.8) is 0 Å². The van der Waals surface area contributed by atoms with Crippen LogP contribution in [0.2, 0.25) is 0 Å². The van der Waals surface area contributed by atoms with Gasteiger partial charge >= 0.3 is 0 Å². The summed E-state index contributed by atoms with van der Waals surface area (Å²) in [6.07, 6.45) is 1.14. The second-order valence-corrected chi connectivity index (χ2v) is 5.23. The fourth-order valence-electron chi connectivity index (χ4n) is 2.02. The summed E-state index contributed by atoms with van der Waals surface area (Å²) >= 11 is 0. The molecule has 0 unspecified atom stereocenters. The molecule has 0 N–H and O–H groups in total. The number of benzene rings is 1. The molecule has 0 fully saturated rings. The van der Waals surface area contributed by atoms with E-state index in [1.807, 2.05) is 13.8 Å². The highest BCUT2D eigenvalue weighted by Gasteiger charge is 2.26. The molecule has 0 bridgehead atoms. The molecule has 0 radical (unpaired) electrons. The van der Waals surface area contributed by atoms with Crippen LogP contribution in [0.15, 0.2) is 36.5 Å². The van der Waals surface area contributed by atoms with Gasteiger partial charge in [0.25, 0.3) is 0 Å². The van der Waals surface area contributed by atoms with Crippen molar-refractivity contribution in [1.29, 1.82) is 0 Å². The quantitative estimate of drug-likeness (QED) is 0.681. The maximum atomic E-state index is 4.23. The fourth-order valence-corrected chi connectivity index (χ4v) is 2.02. The monoisotopic (exact) mass is 231 g/mol. The molecule has 0 saturated heterocycles. The molecule has 94 valence electrons. The van der Waals surface area contributed by atoms with Gasteiger partial charge < -0.3 is 4.90 Å². The molecule has 0 aromatic heterocycles. The second kappa shape index (κ2) is 5.39. The third-order valence-electron chi connectivity index (χ3n) is 3.08. The van der Waals surface area contributed by atoms with Gasteiger partial charge in [0.15, 0.2) is 0 Å². The fraction of sp³-hybridized carbons (Fsp3) is 0.500. The number of allylic oxidation sites excluding steroid dienone is 1. The molecular weight excluding hydrogens is 206 g/mol. The summed E-state index contributed by atoms with van der Waals surface area (Å²) < 4.78 is 0. The number of nitrogens with zero attached hydrogens (tertiary/aromatic N) is 1. The van der Waals surface area contributed by atoms with E-state index in [2.05, 4.69) is 56.5 Å². The van der Waals surface area contributed by atoms with E-state index < -0.39 is 0 Å². The molecule has 1 heteroatoms.